The van der Waals surface area contributed by atoms with Gasteiger partial charge in [-0.1, -0.05) is 23.2 Å². The average Bonchev–Trinajstić information content (AvgIpc) is 2.59. The zero-order valence-corrected chi connectivity index (χ0v) is 14.9. The molecule has 0 aromatic heterocycles. The number of ether oxygens (including phenoxy) is 3. The van der Waals surface area contributed by atoms with Crippen molar-refractivity contribution in [3.63, 3.8) is 0 Å². The zero-order chi connectivity index (χ0) is 17.0. The molecule has 1 aliphatic heterocycles. The van der Waals surface area contributed by atoms with E-state index in [1.165, 1.54) is 4.90 Å². The molecule has 1 N–H and O–H groups in total. The van der Waals surface area contributed by atoms with Gasteiger partial charge in [-0.2, -0.15) is 0 Å². The largest absolute Gasteiger partial charge is 0.492 e. The molecule has 6 nitrogen and oxygen atoms in total. The molecular formula is C15H21Cl2N2O4+. The summed E-state index contributed by atoms with van der Waals surface area (Å²) in [5, 5.41) is 0. The van der Waals surface area contributed by atoms with Gasteiger partial charge in [0.05, 0.1) is 47.5 Å². The van der Waals surface area contributed by atoms with Gasteiger partial charge in [-0.3, -0.25) is 9.69 Å². The molecule has 0 unspecified atom stereocenters. The fraction of sp³-hybridized carbons (Fsp3) is 0.533. The van der Waals surface area contributed by atoms with Crippen LogP contribution in [0.3, 0.4) is 0 Å². The molecule has 1 aromatic rings. The molecule has 2 rings (SSSR count). The maximum atomic E-state index is 11.8. The third-order valence-corrected chi connectivity index (χ3v) is 4.31. The minimum Gasteiger partial charge on any atom is -0.492 e. The Hall–Kier alpha value is -1.37. The van der Waals surface area contributed by atoms with Crippen LogP contribution in [0.25, 0.3) is 0 Å². The average molecular weight is 364 g/mol. The summed E-state index contributed by atoms with van der Waals surface area (Å²) in [5.41, 5.74) is 1.03. The highest BCUT2D eigenvalue weighted by Gasteiger charge is 2.29. The molecule has 1 amide bonds. The topological polar surface area (TPSA) is 52.4 Å². The Bertz CT molecular complexity index is 535. The maximum Gasteiger partial charge on any atom is 0.256 e. The molecule has 8 heteroatoms. The maximum absolute atomic E-state index is 11.8. The normalized spacial score (nSPS) is 15.7. The predicted octanol–water partition coefficient (Wildman–Crippen LogP) is 0.875. The first-order chi connectivity index (χ1) is 11.0. The second-order valence-electron chi connectivity index (χ2n) is 5.14. The smallest absolute Gasteiger partial charge is 0.256 e. The van der Waals surface area contributed by atoms with E-state index in [1.54, 1.807) is 26.2 Å². The number of amides is 1. The second kappa shape index (κ2) is 7.95. The van der Waals surface area contributed by atoms with Crippen LogP contribution in [0.5, 0.6) is 17.2 Å². The van der Waals surface area contributed by atoms with E-state index in [4.69, 9.17) is 37.4 Å². The van der Waals surface area contributed by atoms with Gasteiger partial charge in [0, 0.05) is 12.1 Å². The molecule has 1 aromatic carbocycles. The number of rotatable bonds is 5. The van der Waals surface area contributed by atoms with Crippen LogP contribution in [0.2, 0.25) is 0 Å². The second-order valence-corrected chi connectivity index (χ2v) is 6.24. The Morgan fingerprint density at radius 2 is 1.61 bits per heavy atom. The van der Waals surface area contributed by atoms with Gasteiger partial charge in [-0.25, -0.2) is 0 Å². The summed E-state index contributed by atoms with van der Waals surface area (Å²) < 4.78 is 16.1. The summed E-state index contributed by atoms with van der Waals surface area (Å²) in [4.78, 5) is 13.7. The number of methoxy groups -OCH3 is 3. The lowest BCUT2D eigenvalue weighted by Crippen LogP contribution is -3.10. The highest BCUT2D eigenvalue weighted by Crippen LogP contribution is 2.38. The van der Waals surface area contributed by atoms with Crippen molar-refractivity contribution in [2.24, 2.45) is 0 Å². The number of nitrogens with one attached hydrogen (secondary N) is 1. The van der Waals surface area contributed by atoms with Crippen molar-refractivity contribution in [2.45, 2.75) is 4.84 Å². The molecule has 0 spiro atoms. The predicted molar refractivity (Wildman–Crippen MR) is 88.5 cm³/mol. The van der Waals surface area contributed by atoms with E-state index < -0.39 is 4.84 Å². The SMILES string of the molecule is COc1cc([NH+]2CCN(C(=O)C(Cl)Cl)CC2)cc(OC)c1OC. The molecule has 23 heavy (non-hydrogen) atoms. The number of nitrogens with zero attached hydrogens (tertiary/aromatic N) is 1. The number of hydrogen-bond acceptors (Lipinski definition) is 4. The Balaban J connectivity index is 2.16. The summed E-state index contributed by atoms with van der Waals surface area (Å²) in [5.74, 6) is 1.57. The minimum atomic E-state index is -1.00. The van der Waals surface area contributed by atoms with Gasteiger partial charge in [0.15, 0.2) is 16.3 Å². The van der Waals surface area contributed by atoms with E-state index in [1.807, 2.05) is 12.1 Å². The third-order valence-electron chi connectivity index (χ3n) is 3.94. The first-order valence-electron chi connectivity index (χ1n) is 7.23. The third kappa shape index (κ3) is 3.94. The summed E-state index contributed by atoms with van der Waals surface area (Å²) in [7, 11) is 4.76. The number of piperazine rings is 1. The van der Waals surface area contributed by atoms with Crippen LogP contribution in [0.1, 0.15) is 0 Å². The first-order valence-corrected chi connectivity index (χ1v) is 8.11. The number of benzene rings is 1. The number of carbonyl (C=O) groups excluding carboxylic acids is 1. The molecule has 0 aliphatic carbocycles. The van der Waals surface area contributed by atoms with E-state index in [2.05, 4.69) is 0 Å². The van der Waals surface area contributed by atoms with E-state index in [-0.39, 0.29) is 5.91 Å². The van der Waals surface area contributed by atoms with E-state index in [0.29, 0.717) is 30.3 Å². The Morgan fingerprint density at radius 1 is 1.09 bits per heavy atom. The van der Waals surface area contributed by atoms with Crippen molar-refractivity contribution in [3.8, 4) is 17.2 Å². The van der Waals surface area contributed by atoms with Crippen LogP contribution in [0.4, 0.5) is 5.69 Å². The summed E-state index contributed by atoms with van der Waals surface area (Å²) in [6, 6.07) is 3.86. The quantitative estimate of drug-likeness (QED) is 0.788. The summed E-state index contributed by atoms with van der Waals surface area (Å²) >= 11 is 11.3. The zero-order valence-electron chi connectivity index (χ0n) is 13.4. The molecule has 0 atom stereocenters. The molecule has 1 aliphatic rings. The Morgan fingerprint density at radius 3 is 2.00 bits per heavy atom. The number of alkyl halides is 2. The van der Waals surface area contributed by atoms with Crippen molar-refractivity contribution in [3.05, 3.63) is 12.1 Å². The molecule has 128 valence electrons. The van der Waals surface area contributed by atoms with Gasteiger partial charge in [0.25, 0.3) is 5.91 Å². The van der Waals surface area contributed by atoms with Gasteiger partial charge < -0.3 is 19.1 Å². The molecule has 1 saturated heterocycles. The first kappa shape index (κ1) is 18.0. The van der Waals surface area contributed by atoms with Crippen LogP contribution >= 0.6 is 23.2 Å². The van der Waals surface area contributed by atoms with Crippen molar-refractivity contribution < 1.29 is 23.9 Å². The van der Waals surface area contributed by atoms with Crippen molar-refractivity contribution in [1.82, 2.24) is 4.90 Å². The molecule has 0 bridgehead atoms. The molecule has 0 saturated carbocycles. The van der Waals surface area contributed by atoms with Crippen LogP contribution in [0, 0.1) is 0 Å². The molecular weight excluding hydrogens is 343 g/mol. The highest BCUT2D eigenvalue weighted by atomic mass is 35.5. The van der Waals surface area contributed by atoms with Crippen LogP contribution < -0.4 is 19.1 Å². The molecule has 1 heterocycles. The number of halogens is 2. The van der Waals surface area contributed by atoms with Crippen LogP contribution in [-0.4, -0.2) is 63.2 Å². The molecule has 1 fully saturated rings. The molecule has 0 radical (unpaired) electrons. The standard InChI is InChI=1S/C15H20Cl2N2O4/c1-21-11-8-10(9-12(22-2)13(11)23-3)18-4-6-19(7-5-18)15(20)14(16)17/h8-9,14H,4-7H2,1-3H3/p+1. The monoisotopic (exact) mass is 363 g/mol. The fourth-order valence-corrected chi connectivity index (χ4v) is 2.98. The van der Waals surface area contributed by atoms with Gasteiger partial charge in [-0.05, 0) is 0 Å². The lowest BCUT2D eigenvalue weighted by Gasteiger charge is -2.32. The Labute approximate surface area is 145 Å². The van der Waals surface area contributed by atoms with Gasteiger partial charge in [0.1, 0.15) is 5.69 Å². The van der Waals surface area contributed by atoms with Crippen LogP contribution in [-0.2, 0) is 4.79 Å². The Kier molecular flexibility index (Phi) is 6.21. The lowest BCUT2D eigenvalue weighted by atomic mass is 10.2. The summed E-state index contributed by atoms with van der Waals surface area (Å²) in [6.07, 6.45) is 0. The van der Waals surface area contributed by atoms with E-state index in [9.17, 15) is 4.79 Å². The van der Waals surface area contributed by atoms with Gasteiger partial charge >= 0.3 is 0 Å². The number of hydrogen-bond donors (Lipinski definition) is 1. The number of carbonyl (C=O) groups is 1. The minimum absolute atomic E-state index is 0.239. The highest BCUT2D eigenvalue weighted by molar-refractivity contribution is 6.53. The van der Waals surface area contributed by atoms with Crippen molar-refractivity contribution >= 4 is 34.8 Å². The van der Waals surface area contributed by atoms with Crippen molar-refractivity contribution in [1.29, 1.82) is 0 Å². The van der Waals surface area contributed by atoms with Gasteiger partial charge in [-0.15, -0.1) is 0 Å². The van der Waals surface area contributed by atoms with Crippen LogP contribution in [0.15, 0.2) is 12.1 Å². The fourth-order valence-electron chi connectivity index (χ4n) is 2.71. The number of quaternary nitrogens is 1. The lowest BCUT2D eigenvalue weighted by molar-refractivity contribution is -0.837. The van der Waals surface area contributed by atoms with Gasteiger partial charge in [0.2, 0.25) is 5.75 Å². The summed E-state index contributed by atoms with van der Waals surface area (Å²) in [6.45, 7) is 2.71. The van der Waals surface area contributed by atoms with E-state index >= 15 is 0 Å². The van der Waals surface area contributed by atoms with E-state index in [0.717, 1.165) is 18.8 Å². The van der Waals surface area contributed by atoms with Crippen molar-refractivity contribution in [2.75, 3.05) is 47.5 Å².